The second-order valence-corrected chi connectivity index (χ2v) is 10.9. The van der Waals surface area contributed by atoms with Crippen molar-refractivity contribution in [2.75, 3.05) is 38.5 Å². The number of thioether (sulfide) groups is 1. The first-order valence-corrected chi connectivity index (χ1v) is 14.6. The summed E-state index contributed by atoms with van der Waals surface area (Å²) < 4.78 is 21.5. The lowest BCUT2D eigenvalue weighted by Crippen LogP contribution is -2.50. The van der Waals surface area contributed by atoms with Crippen molar-refractivity contribution < 1.29 is 18.7 Å². The highest BCUT2D eigenvalue weighted by Crippen LogP contribution is 2.29. The topological polar surface area (TPSA) is 93.5 Å². The Morgan fingerprint density at radius 2 is 1.80 bits per heavy atom. The molecule has 40 heavy (non-hydrogen) atoms. The first-order chi connectivity index (χ1) is 19.4. The number of aryl methyl sites for hydroxylation is 1. The van der Waals surface area contributed by atoms with Crippen LogP contribution in [0, 0.1) is 12.7 Å². The molecule has 1 aliphatic heterocycles. The molecule has 0 bridgehead atoms. The first-order valence-electron chi connectivity index (χ1n) is 13.6. The number of carbonyl (C=O) groups excluding carboxylic acids is 2. The number of halogens is 1. The Hall–Kier alpha value is -3.73. The van der Waals surface area contributed by atoms with Gasteiger partial charge in [0, 0.05) is 49.3 Å². The van der Waals surface area contributed by atoms with Crippen LogP contribution in [0.25, 0.3) is 22.1 Å². The molecule has 0 atom stereocenters. The maximum absolute atomic E-state index is 14.5. The molecule has 210 valence electrons. The monoisotopic (exact) mass is 564 g/mol. The summed E-state index contributed by atoms with van der Waals surface area (Å²) in [5.74, 6) is 0.612. The van der Waals surface area contributed by atoms with Crippen molar-refractivity contribution in [3.05, 3.63) is 59.4 Å². The van der Waals surface area contributed by atoms with Gasteiger partial charge in [0.2, 0.25) is 11.1 Å². The molecule has 11 heteroatoms. The number of amides is 2. The van der Waals surface area contributed by atoms with E-state index < -0.39 is 0 Å². The van der Waals surface area contributed by atoms with Gasteiger partial charge in [0.1, 0.15) is 11.3 Å². The molecule has 2 aromatic carbocycles. The van der Waals surface area contributed by atoms with E-state index in [-0.39, 0.29) is 17.8 Å². The van der Waals surface area contributed by atoms with Crippen molar-refractivity contribution >= 4 is 45.8 Å². The van der Waals surface area contributed by atoms with Crippen LogP contribution in [0.3, 0.4) is 0 Å². The lowest BCUT2D eigenvalue weighted by molar-refractivity contribution is -0.132. The van der Waals surface area contributed by atoms with E-state index in [1.807, 2.05) is 34.6 Å². The van der Waals surface area contributed by atoms with Crippen LogP contribution >= 0.6 is 11.8 Å². The van der Waals surface area contributed by atoms with Gasteiger partial charge in [0.15, 0.2) is 5.65 Å². The van der Waals surface area contributed by atoms with Gasteiger partial charge in [-0.3, -0.25) is 4.79 Å². The molecule has 0 aliphatic carbocycles. The van der Waals surface area contributed by atoms with Gasteiger partial charge in [-0.05, 0) is 44.9 Å². The smallest absolute Gasteiger partial charge is 0.409 e. The molecular formula is C29H33FN6O3S. The van der Waals surface area contributed by atoms with Crippen LogP contribution in [0.4, 0.5) is 9.18 Å². The van der Waals surface area contributed by atoms with E-state index in [1.165, 1.54) is 17.8 Å². The van der Waals surface area contributed by atoms with E-state index in [9.17, 15) is 14.0 Å². The molecule has 5 rings (SSSR count). The predicted molar refractivity (Wildman–Crippen MR) is 153 cm³/mol. The molecule has 0 unspecified atom stereocenters. The molecule has 9 nitrogen and oxygen atoms in total. The van der Waals surface area contributed by atoms with Crippen LogP contribution in [0.1, 0.15) is 37.3 Å². The maximum atomic E-state index is 14.5. The molecule has 0 N–H and O–H groups in total. The Morgan fingerprint density at radius 1 is 1.02 bits per heavy atom. The van der Waals surface area contributed by atoms with Crippen molar-refractivity contribution in [1.29, 1.82) is 0 Å². The summed E-state index contributed by atoms with van der Waals surface area (Å²) in [6.45, 7) is 6.57. The highest BCUT2D eigenvalue weighted by molar-refractivity contribution is 7.99. The molecule has 4 aromatic rings. The van der Waals surface area contributed by atoms with Gasteiger partial charge in [0.05, 0.1) is 18.7 Å². The fraction of sp³-hybridized carbons (Fsp3) is 0.414. The number of unbranched alkanes of at least 4 members (excludes halogenated alkanes) is 1. The van der Waals surface area contributed by atoms with Crippen LogP contribution in [0.15, 0.2) is 47.6 Å². The molecular weight excluding hydrogens is 531 g/mol. The van der Waals surface area contributed by atoms with Crippen molar-refractivity contribution in [1.82, 2.24) is 29.5 Å². The van der Waals surface area contributed by atoms with Crippen LogP contribution in [-0.2, 0) is 16.1 Å². The molecule has 0 spiro atoms. The van der Waals surface area contributed by atoms with Crippen LogP contribution in [-0.4, -0.2) is 80.1 Å². The molecule has 0 radical (unpaired) electrons. The number of hydrogen-bond donors (Lipinski definition) is 0. The summed E-state index contributed by atoms with van der Waals surface area (Å²) in [7, 11) is 0. The molecule has 2 aromatic heterocycles. The van der Waals surface area contributed by atoms with E-state index in [0.717, 1.165) is 35.1 Å². The summed E-state index contributed by atoms with van der Waals surface area (Å²) in [6, 6.07) is 12.9. The fourth-order valence-electron chi connectivity index (χ4n) is 4.93. The quantitative estimate of drug-likeness (QED) is 0.208. The highest BCUT2D eigenvalue weighted by Gasteiger charge is 2.24. The minimum Gasteiger partial charge on any atom is -0.450 e. The Morgan fingerprint density at radius 3 is 2.58 bits per heavy atom. The zero-order valence-corrected chi connectivity index (χ0v) is 23.6. The summed E-state index contributed by atoms with van der Waals surface area (Å²) in [6.07, 6.45) is 1.74. The van der Waals surface area contributed by atoms with Crippen molar-refractivity contribution in [2.45, 2.75) is 44.8 Å². The number of rotatable bonds is 9. The van der Waals surface area contributed by atoms with Gasteiger partial charge < -0.3 is 19.1 Å². The minimum atomic E-state index is -0.316. The standard InChI is InChI=1S/C29H33FN6O3S/c1-3-39-29(38)35-15-13-34(14-16-35)25(37)10-6-7-17-40-28-31-27-26(32-33-28)22-18-20(2)11-12-24(22)36(27)19-21-8-4-5-9-23(21)30/h4-5,8-9,11-12,18H,3,6-7,10,13-17,19H2,1-2H3. The fourth-order valence-corrected chi connectivity index (χ4v) is 5.71. The molecule has 3 heterocycles. The SMILES string of the molecule is CCOC(=O)N1CCN(C(=O)CCCCSc2nnc3c4cc(C)ccc4n(Cc4ccccc4F)c3n2)CC1. The largest absolute Gasteiger partial charge is 0.450 e. The third-order valence-corrected chi connectivity index (χ3v) is 7.99. The molecule has 2 amide bonds. The van der Waals surface area contributed by atoms with Gasteiger partial charge in [-0.1, -0.05) is 41.6 Å². The van der Waals surface area contributed by atoms with E-state index in [2.05, 4.69) is 16.3 Å². The van der Waals surface area contributed by atoms with Crippen molar-refractivity contribution in [2.24, 2.45) is 0 Å². The van der Waals surface area contributed by atoms with E-state index in [0.29, 0.717) is 67.6 Å². The van der Waals surface area contributed by atoms with Crippen LogP contribution in [0.2, 0.25) is 0 Å². The van der Waals surface area contributed by atoms with Crippen LogP contribution in [0.5, 0.6) is 0 Å². The average molecular weight is 565 g/mol. The van der Waals surface area contributed by atoms with Crippen molar-refractivity contribution in [3.63, 3.8) is 0 Å². The van der Waals surface area contributed by atoms with Gasteiger partial charge >= 0.3 is 6.09 Å². The summed E-state index contributed by atoms with van der Waals surface area (Å²) in [5, 5.41) is 10.4. The third-order valence-electron chi connectivity index (χ3n) is 7.06. The number of piperazine rings is 1. The normalized spacial score (nSPS) is 13.8. The number of hydrogen-bond acceptors (Lipinski definition) is 7. The summed E-state index contributed by atoms with van der Waals surface area (Å²) in [5.41, 5.74) is 4.01. The molecule has 1 saturated heterocycles. The Labute approximate surface area is 236 Å². The summed E-state index contributed by atoms with van der Waals surface area (Å²) >= 11 is 1.51. The lowest BCUT2D eigenvalue weighted by atomic mass is 10.1. The Kier molecular flexibility index (Phi) is 8.78. The number of nitrogens with zero attached hydrogens (tertiary/aromatic N) is 6. The molecule has 1 aliphatic rings. The first kappa shape index (κ1) is 27.8. The second kappa shape index (κ2) is 12.6. The lowest BCUT2D eigenvalue weighted by Gasteiger charge is -2.34. The molecule has 0 saturated carbocycles. The zero-order valence-electron chi connectivity index (χ0n) is 22.8. The zero-order chi connectivity index (χ0) is 28.1. The van der Waals surface area contributed by atoms with Gasteiger partial charge in [-0.2, -0.15) is 0 Å². The van der Waals surface area contributed by atoms with Gasteiger partial charge in [-0.15, -0.1) is 10.2 Å². The number of benzene rings is 2. The Bertz CT molecular complexity index is 1520. The van der Waals surface area contributed by atoms with Gasteiger partial charge in [0.25, 0.3) is 0 Å². The average Bonchev–Trinajstić information content (AvgIpc) is 3.26. The number of ether oxygens (including phenoxy) is 1. The van der Waals surface area contributed by atoms with Gasteiger partial charge in [-0.25, -0.2) is 14.2 Å². The van der Waals surface area contributed by atoms with Crippen LogP contribution < -0.4 is 0 Å². The third kappa shape index (κ3) is 6.19. The number of fused-ring (bicyclic) bond motifs is 3. The minimum absolute atomic E-state index is 0.112. The van der Waals surface area contributed by atoms with Crippen molar-refractivity contribution in [3.8, 4) is 0 Å². The van der Waals surface area contributed by atoms with E-state index >= 15 is 0 Å². The number of aromatic nitrogens is 4. The van der Waals surface area contributed by atoms with E-state index in [1.54, 1.807) is 24.0 Å². The molecule has 1 fully saturated rings. The predicted octanol–water partition coefficient (Wildman–Crippen LogP) is 5.04. The highest BCUT2D eigenvalue weighted by atomic mass is 32.2. The summed E-state index contributed by atoms with van der Waals surface area (Å²) in [4.78, 5) is 32.8. The second-order valence-electron chi connectivity index (χ2n) is 9.84. The maximum Gasteiger partial charge on any atom is 0.409 e. The number of carbonyl (C=O) groups is 2. The Balaban J connectivity index is 1.19. The van der Waals surface area contributed by atoms with E-state index in [4.69, 9.17) is 9.72 Å².